The average Bonchev–Trinajstić information content (AvgIpc) is 3.07. The molecule has 2 heterocycles. The molecule has 8 heteroatoms. The Bertz CT molecular complexity index is 760. The second kappa shape index (κ2) is 6.92. The highest BCUT2D eigenvalue weighted by Gasteiger charge is 2.32. The van der Waals surface area contributed by atoms with Gasteiger partial charge in [-0.3, -0.25) is 0 Å². The van der Waals surface area contributed by atoms with Gasteiger partial charge in [0.1, 0.15) is 11.6 Å². The molecule has 0 aliphatic carbocycles. The molecule has 6 nitrogen and oxygen atoms in total. The molecule has 1 fully saturated rings. The zero-order valence-corrected chi connectivity index (χ0v) is 14.5. The van der Waals surface area contributed by atoms with E-state index in [1.165, 1.54) is 0 Å². The van der Waals surface area contributed by atoms with E-state index >= 15 is 0 Å². The highest BCUT2D eigenvalue weighted by molar-refractivity contribution is 7.99. The first-order valence-corrected chi connectivity index (χ1v) is 10.3. The van der Waals surface area contributed by atoms with E-state index in [1.807, 2.05) is 41.9 Å². The number of sulfone groups is 1. The third-order valence-corrected chi connectivity index (χ3v) is 6.55. The van der Waals surface area contributed by atoms with Gasteiger partial charge in [0.05, 0.1) is 18.1 Å². The largest absolute Gasteiger partial charge is 0.493 e. The van der Waals surface area contributed by atoms with Crippen LogP contribution in [0.4, 0.5) is 0 Å². The van der Waals surface area contributed by atoms with Gasteiger partial charge in [-0.1, -0.05) is 30.0 Å². The summed E-state index contributed by atoms with van der Waals surface area (Å²) >= 11 is 1.56. The van der Waals surface area contributed by atoms with Gasteiger partial charge in [0.15, 0.2) is 15.0 Å². The molecule has 1 aliphatic rings. The van der Waals surface area contributed by atoms with Crippen molar-refractivity contribution in [1.82, 2.24) is 14.8 Å². The molecule has 1 aromatic heterocycles. The molecule has 0 N–H and O–H groups in total. The monoisotopic (exact) mass is 353 g/mol. The lowest BCUT2D eigenvalue weighted by Gasteiger charge is -2.08. The summed E-state index contributed by atoms with van der Waals surface area (Å²) in [6, 6.07) is 9.67. The van der Waals surface area contributed by atoms with Crippen LogP contribution in [0.2, 0.25) is 0 Å². The van der Waals surface area contributed by atoms with Crippen LogP contribution in [-0.2, 0) is 16.9 Å². The predicted molar refractivity (Wildman–Crippen MR) is 89.7 cm³/mol. The Kier molecular flexibility index (Phi) is 4.91. The first-order valence-electron chi connectivity index (χ1n) is 7.45. The van der Waals surface area contributed by atoms with Gasteiger partial charge in [-0.15, -0.1) is 10.2 Å². The molecule has 23 heavy (non-hydrogen) atoms. The molecule has 1 saturated heterocycles. The SMILES string of the molecule is Cn1c(SCCOc2ccccc2)nnc1C1CCS(=O)(=O)C1. The Labute approximate surface area is 140 Å². The van der Waals surface area contributed by atoms with Crippen molar-refractivity contribution >= 4 is 21.6 Å². The van der Waals surface area contributed by atoms with E-state index in [4.69, 9.17) is 4.74 Å². The summed E-state index contributed by atoms with van der Waals surface area (Å²) in [5, 5.41) is 9.16. The summed E-state index contributed by atoms with van der Waals surface area (Å²) in [4.78, 5) is 0. The second-order valence-corrected chi connectivity index (χ2v) is 8.80. The van der Waals surface area contributed by atoms with Gasteiger partial charge in [-0.2, -0.15) is 0 Å². The maximum absolute atomic E-state index is 11.6. The minimum absolute atomic E-state index is 0.0348. The number of para-hydroxylation sites is 1. The number of benzene rings is 1. The van der Waals surface area contributed by atoms with E-state index in [9.17, 15) is 8.42 Å². The fourth-order valence-corrected chi connectivity index (χ4v) is 5.09. The van der Waals surface area contributed by atoms with Crippen molar-refractivity contribution in [3.63, 3.8) is 0 Å². The molecular weight excluding hydrogens is 334 g/mol. The van der Waals surface area contributed by atoms with Crippen molar-refractivity contribution in [2.45, 2.75) is 17.5 Å². The summed E-state index contributed by atoms with van der Waals surface area (Å²) in [5.41, 5.74) is 0. The summed E-state index contributed by atoms with van der Waals surface area (Å²) < 4.78 is 30.7. The first-order chi connectivity index (χ1) is 11.1. The highest BCUT2D eigenvalue weighted by Crippen LogP contribution is 2.29. The topological polar surface area (TPSA) is 74.1 Å². The van der Waals surface area contributed by atoms with Crippen molar-refractivity contribution in [3.05, 3.63) is 36.2 Å². The number of rotatable bonds is 6. The number of ether oxygens (including phenoxy) is 1. The summed E-state index contributed by atoms with van der Waals surface area (Å²) in [6.45, 7) is 0.578. The first kappa shape index (κ1) is 16.3. The molecule has 0 bridgehead atoms. The van der Waals surface area contributed by atoms with E-state index in [1.54, 1.807) is 11.8 Å². The Morgan fingerprint density at radius 3 is 2.78 bits per heavy atom. The van der Waals surface area contributed by atoms with Crippen LogP contribution >= 0.6 is 11.8 Å². The van der Waals surface area contributed by atoms with Crippen LogP contribution < -0.4 is 4.74 Å². The maximum Gasteiger partial charge on any atom is 0.191 e. The van der Waals surface area contributed by atoms with Crippen LogP contribution in [-0.4, -0.2) is 47.0 Å². The normalized spacial score (nSPS) is 19.8. The number of hydrogen-bond donors (Lipinski definition) is 0. The lowest BCUT2D eigenvalue weighted by molar-refractivity contribution is 0.344. The summed E-state index contributed by atoms with van der Waals surface area (Å²) in [7, 11) is -1.02. The highest BCUT2D eigenvalue weighted by atomic mass is 32.2. The van der Waals surface area contributed by atoms with Crippen LogP contribution in [0.25, 0.3) is 0 Å². The maximum atomic E-state index is 11.6. The van der Waals surface area contributed by atoms with Crippen molar-refractivity contribution in [3.8, 4) is 5.75 Å². The zero-order valence-electron chi connectivity index (χ0n) is 12.9. The molecule has 1 atom stereocenters. The Morgan fingerprint density at radius 2 is 2.09 bits per heavy atom. The molecular formula is C15H19N3O3S2. The minimum Gasteiger partial charge on any atom is -0.493 e. The van der Waals surface area contributed by atoms with Gasteiger partial charge in [0.25, 0.3) is 0 Å². The van der Waals surface area contributed by atoms with Crippen molar-refractivity contribution in [2.24, 2.45) is 7.05 Å². The molecule has 3 rings (SSSR count). The molecule has 0 spiro atoms. The minimum atomic E-state index is -2.91. The van der Waals surface area contributed by atoms with Crippen LogP contribution in [0.1, 0.15) is 18.2 Å². The predicted octanol–water partition coefficient (Wildman–Crippen LogP) is 1.89. The molecule has 0 radical (unpaired) electrons. The number of hydrogen-bond acceptors (Lipinski definition) is 6. The smallest absolute Gasteiger partial charge is 0.191 e. The Balaban J connectivity index is 1.53. The Morgan fingerprint density at radius 1 is 1.30 bits per heavy atom. The molecule has 1 unspecified atom stereocenters. The van der Waals surface area contributed by atoms with Crippen LogP contribution in [0, 0.1) is 0 Å². The van der Waals surface area contributed by atoms with Gasteiger partial charge in [-0.25, -0.2) is 8.42 Å². The molecule has 0 saturated carbocycles. The van der Waals surface area contributed by atoms with E-state index in [0.717, 1.165) is 22.5 Å². The van der Waals surface area contributed by atoms with E-state index in [2.05, 4.69) is 10.2 Å². The fraction of sp³-hybridized carbons (Fsp3) is 0.467. The van der Waals surface area contributed by atoms with Gasteiger partial charge in [0.2, 0.25) is 0 Å². The number of nitrogens with zero attached hydrogens (tertiary/aromatic N) is 3. The zero-order chi connectivity index (χ0) is 16.3. The van der Waals surface area contributed by atoms with Gasteiger partial charge in [0, 0.05) is 18.7 Å². The quantitative estimate of drug-likeness (QED) is 0.583. The fourth-order valence-electron chi connectivity index (χ4n) is 2.62. The van der Waals surface area contributed by atoms with Crippen molar-refractivity contribution < 1.29 is 13.2 Å². The third kappa shape index (κ3) is 4.06. The number of thioether (sulfide) groups is 1. The lowest BCUT2D eigenvalue weighted by atomic mass is 10.1. The molecule has 1 aromatic carbocycles. The third-order valence-electron chi connectivity index (χ3n) is 3.79. The van der Waals surface area contributed by atoms with Crippen LogP contribution in [0.15, 0.2) is 35.5 Å². The molecule has 1 aliphatic heterocycles. The molecule has 2 aromatic rings. The van der Waals surface area contributed by atoms with E-state index < -0.39 is 9.84 Å². The number of aromatic nitrogens is 3. The average molecular weight is 353 g/mol. The van der Waals surface area contributed by atoms with E-state index in [-0.39, 0.29) is 17.4 Å². The van der Waals surface area contributed by atoms with Crippen molar-refractivity contribution in [2.75, 3.05) is 23.9 Å². The lowest BCUT2D eigenvalue weighted by Crippen LogP contribution is -2.09. The standard InChI is InChI=1S/C15H19N3O3S2/c1-18-14(12-7-10-23(19,20)11-12)16-17-15(18)22-9-8-21-13-5-3-2-4-6-13/h2-6,12H,7-11H2,1H3. The second-order valence-electron chi connectivity index (χ2n) is 5.51. The van der Waals surface area contributed by atoms with Crippen molar-refractivity contribution in [1.29, 1.82) is 0 Å². The van der Waals surface area contributed by atoms with Crippen LogP contribution in [0.5, 0.6) is 5.75 Å². The van der Waals surface area contributed by atoms with Gasteiger partial charge >= 0.3 is 0 Å². The summed E-state index contributed by atoms with van der Waals surface area (Å²) in [6.07, 6.45) is 0.635. The van der Waals surface area contributed by atoms with Gasteiger partial charge in [-0.05, 0) is 18.6 Å². The molecule has 124 valence electrons. The van der Waals surface area contributed by atoms with E-state index in [0.29, 0.717) is 13.0 Å². The van der Waals surface area contributed by atoms with Crippen LogP contribution in [0.3, 0.4) is 0 Å². The van der Waals surface area contributed by atoms with Gasteiger partial charge < -0.3 is 9.30 Å². The Hall–Kier alpha value is -1.54. The summed E-state index contributed by atoms with van der Waals surface area (Å²) in [5.74, 6) is 2.76. The molecule has 0 amide bonds.